The maximum atomic E-state index is 14.0. The van der Waals surface area contributed by atoms with Crippen LogP contribution in [0.3, 0.4) is 0 Å². The molecule has 3 aromatic rings. The third-order valence-electron chi connectivity index (χ3n) is 4.07. The summed E-state index contributed by atoms with van der Waals surface area (Å²) in [4.78, 5) is 10.2. The third-order valence-corrected chi connectivity index (χ3v) is 5.35. The van der Waals surface area contributed by atoms with Crippen LogP contribution in [-0.2, 0) is 13.1 Å². The lowest BCUT2D eigenvalue weighted by molar-refractivity contribution is -0.389. The molecule has 0 saturated carbocycles. The minimum absolute atomic E-state index is 0.162. The summed E-state index contributed by atoms with van der Waals surface area (Å²) in [6, 6.07) is 7.52. The predicted molar refractivity (Wildman–Crippen MR) is 107 cm³/mol. The molecule has 0 bridgehead atoms. The highest BCUT2D eigenvalue weighted by Crippen LogP contribution is 2.28. The Kier molecular flexibility index (Phi) is 5.22. The van der Waals surface area contributed by atoms with Gasteiger partial charge in [-0.1, -0.05) is 29.4 Å². The van der Waals surface area contributed by atoms with Crippen molar-refractivity contribution in [2.24, 2.45) is 10.8 Å². The molecule has 1 atom stereocenters. The highest BCUT2D eigenvalue weighted by molar-refractivity contribution is 8.14. The number of aromatic nitrogens is 4. The quantitative estimate of drug-likeness (QED) is 0.465. The molecule has 2 N–H and O–H groups in total. The van der Waals surface area contributed by atoms with E-state index < -0.39 is 16.2 Å². The maximum absolute atomic E-state index is 14.0. The van der Waals surface area contributed by atoms with Crippen molar-refractivity contribution in [3.05, 3.63) is 69.2 Å². The van der Waals surface area contributed by atoms with Crippen LogP contribution in [-0.4, -0.2) is 35.0 Å². The molecule has 13 heteroatoms. The van der Waals surface area contributed by atoms with E-state index in [1.807, 2.05) is 0 Å². The molecule has 1 aromatic carbocycles. The van der Waals surface area contributed by atoms with Gasteiger partial charge in [0.25, 0.3) is 0 Å². The molecule has 0 spiro atoms. The first kappa shape index (κ1) is 19.4. The van der Waals surface area contributed by atoms with Crippen molar-refractivity contribution in [3.63, 3.8) is 0 Å². The summed E-state index contributed by atoms with van der Waals surface area (Å²) in [7, 11) is 0. The summed E-state index contributed by atoms with van der Waals surface area (Å²) in [6.07, 6.45) is 3.18. The van der Waals surface area contributed by atoms with Gasteiger partial charge < -0.3 is 15.8 Å². The molecule has 0 saturated heterocycles. The van der Waals surface area contributed by atoms with Gasteiger partial charge >= 0.3 is 5.82 Å². The van der Waals surface area contributed by atoms with Crippen LogP contribution in [0.5, 0.6) is 0 Å². The van der Waals surface area contributed by atoms with Crippen molar-refractivity contribution in [1.29, 1.82) is 0 Å². The molecule has 0 radical (unpaired) electrons. The van der Waals surface area contributed by atoms with Crippen molar-refractivity contribution in [1.82, 2.24) is 19.6 Å². The number of thioether (sulfide) groups is 1. The van der Waals surface area contributed by atoms with Gasteiger partial charge in [-0.25, -0.2) is 9.40 Å². The number of nitrogens with two attached hydrogens (primary N) is 1. The topological polar surface area (TPSA) is 120 Å². The van der Waals surface area contributed by atoms with Crippen molar-refractivity contribution < 1.29 is 9.31 Å². The van der Waals surface area contributed by atoms with E-state index in [9.17, 15) is 14.5 Å². The van der Waals surface area contributed by atoms with Crippen molar-refractivity contribution in [3.8, 4) is 0 Å². The van der Waals surface area contributed by atoms with Gasteiger partial charge in [0, 0.05) is 22.8 Å². The van der Waals surface area contributed by atoms with E-state index >= 15 is 0 Å². The molecule has 1 aliphatic heterocycles. The summed E-state index contributed by atoms with van der Waals surface area (Å²) in [5.74, 6) is -0.157. The van der Waals surface area contributed by atoms with Crippen LogP contribution in [0.4, 0.5) is 16.0 Å². The largest absolute Gasteiger partial charge is 0.389 e. The average molecular weight is 437 g/mol. The molecule has 4 rings (SSSR count). The third kappa shape index (κ3) is 4.09. The number of nitro groups is 1. The summed E-state index contributed by atoms with van der Waals surface area (Å²) >= 11 is 7.36. The van der Waals surface area contributed by atoms with Gasteiger partial charge in [0.15, 0.2) is 11.3 Å². The van der Waals surface area contributed by atoms with E-state index in [0.29, 0.717) is 21.4 Å². The lowest BCUT2D eigenvalue weighted by Gasteiger charge is -2.15. The Balaban J connectivity index is 1.49. The van der Waals surface area contributed by atoms with E-state index in [4.69, 9.17) is 17.3 Å². The Labute approximate surface area is 172 Å². The van der Waals surface area contributed by atoms with Crippen LogP contribution in [0.1, 0.15) is 5.56 Å². The zero-order valence-corrected chi connectivity index (χ0v) is 16.3. The molecule has 2 aromatic heterocycles. The second kappa shape index (κ2) is 7.81. The standard InChI is InChI=1S/C16H14ClFN8O2S/c17-11-2-1-3-12(18)10(11)8-23-6-4-13(20-23)25-16(19)29-15(22-25)9-24-7-5-14(21-24)26(27)28/h1-7,16H,8-9,19H2. The number of hydrogen-bond acceptors (Lipinski definition) is 8. The molecule has 3 heterocycles. The van der Waals surface area contributed by atoms with Crippen molar-refractivity contribution >= 4 is 40.0 Å². The summed E-state index contributed by atoms with van der Waals surface area (Å²) in [5.41, 5.74) is 5.95. The first-order valence-corrected chi connectivity index (χ1v) is 9.59. The Bertz CT molecular complexity index is 1080. The molecule has 1 aliphatic rings. The van der Waals surface area contributed by atoms with E-state index in [1.54, 1.807) is 29.1 Å². The number of anilines is 1. The Hall–Kier alpha value is -2.96. The van der Waals surface area contributed by atoms with Gasteiger partial charge in [0.2, 0.25) is 0 Å². The van der Waals surface area contributed by atoms with E-state index in [1.165, 1.54) is 39.8 Å². The number of nitrogens with zero attached hydrogens (tertiary/aromatic N) is 7. The Morgan fingerprint density at radius 2 is 1.97 bits per heavy atom. The SMILES string of the molecule is NC1SC(Cn2ccc([N+](=O)[O-])n2)=NN1c1ccn(Cc2c(F)cccc2Cl)n1. The molecule has 0 aliphatic carbocycles. The Morgan fingerprint density at radius 3 is 2.69 bits per heavy atom. The van der Waals surface area contributed by atoms with Gasteiger partial charge in [-0.15, -0.1) is 0 Å². The number of rotatable bonds is 6. The van der Waals surface area contributed by atoms with E-state index in [2.05, 4.69) is 15.3 Å². The summed E-state index contributed by atoms with van der Waals surface area (Å²) in [6.45, 7) is 0.406. The molecule has 0 amide bonds. The van der Waals surface area contributed by atoms with E-state index in [0.717, 1.165) is 0 Å². The van der Waals surface area contributed by atoms with Crippen LogP contribution in [0.25, 0.3) is 0 Å². The monoisotopic (exact) mass is 436 g/mol. The lowest BCUT2D eigenvalue weighted by atomic mass is 10.2. The predicted octanol–water partition coefficient (Wildman–Crippen LogP) is 2.64. The second-order valence-electron chi connectivity index (χ2n) is 6.05. The summed E-state index contributed by atoms with van der Waals surface area (Å²) in [5, 5.41) is 25.9. The number of benzene rings is 1. The lowest BCUT2D eigenvalue weighted by Crippen LogP contribution is -2.32. The smallest absolute Gasteiger partial charge is 0.358 e. The first-order chi connectivity index (χ1) is 13.9. The van der Waals surface area contributed by atoms with Gasteiger partial charge in [-0.2, -0.15) is 14.9 Å². The molecule has 0 fully saturated rings. The number of hydrogen-bond donors (Lipinski definition) is 1. The normalized spacial score (nSPS) is 16.3. The highest BCUT2D eigenvalue weighted by atomic mass is 35.5. The molecule has 150 valence electrons. The van der Waals surface area contributed by atoms with Crippen molar-refractivity contribution in [2.75, 3.05) is 5.01 Å². The van der Waals surface area contributed by atoms with Crippen LogP contribution < -0.4 is 10.7 Å². The fraction of sp³-hybridized carbons (Fsp3) is 0.188. The van der Waals surface area contributed by atoms with Crippen LogP contribution in [0.15, 0.2) is 47.8 Å². The molecule has 1 unspecified atom stereocenters. The van der Waals surface area contributed by atoms with Crippen LogP contribution in [0, 0.1) is 15.9 Å². The zero-order valence-electron chi connectivity index (χ0n) is 14.7. The van der Waals surface area contributed by atoms with E-state index in [-0.39, 0.29) is 18.9 Å². The fourth-order valence-corrected chi connectivity index (χ4v) is 3.82. The average Bonchev–Trinajstić information content (AvgIpc) is 3.39. The molecular weight excluding hydrogens is 423 g/mol. The zero-order chi connectivity index (χ0) is 20.5. The Morgan fingerprint density at radius 1 is 1.21 bits per heavy atom. The maximum Gasteiger partial charge on any atom is 0.389 e. The minimum atomic E-state index is -0.563. The number of hydrazone groups is 1. The molecule has 10 nitrogen and oxygen atoms in total. The second-order valence-corrected chi connectivity index (χ2v) is 7.64. The summed E-state index contributed by atoms with van der Waals surface area (Å²) < 4.78 is 16.9. The number of halogens is 2. The molecule has 29 heavy (non-hydrogen) atoms. The van der Waals surface area contributed by atoms with Crippen molar-refractivity contribution in [2.45, 2.75) is 18.6 Å². The van der Waals surface area contributed by atoms with Gasteiger partial charge in [0.1, 0.15) is 17.4 Å². The van der Waals surface area contributed by atoms with Crippen LogP contribution >= 0.6 is 23.4 Å². The highest BCUT2D eigenvalue weighted by Gasteiger charge is 2.28. The van der Waals surface area contributed by atoms with Gasteiger partial charge in [-0.3, -0.25) is 4.68 Å². The first-order valence-electron chi connectivity index (χ1n) is 8.34. The minimum Gasteiger partial charge on any atom is -0.358 e. The van der Waals surface area contributed by atoms with Gasteiger partial charge in [0.05, 0.1) is 23.9 Å². The van der Waals surface area contributed by atoms with Gasteiger partial charge in [-0.05, 0) is 17.1 Å². The van der Waals surface area contributed by atoms with Crippen LogP contribution in [0.2, 0.25) is 5.02 Å². The fourth-order valence-electron chi connectivity index (χ4n) is 2.72. The molecular formula is C16H14ClFN8O2S.